The molecule has 0 aromatic heterocycles. The number of alkyl halides is 3. The summed E-state index contributed by atoms with van der Waals surface area (Å²) < 4.78 is 40.4. The van der Waals surface area contributed by atoms with Crippen molar-refractivity contribution in [3.63, 3.8) is 0 Å². The quantitative estimate of drug-likeness (QED) is 0.156. The molecule has 0 spiro atoms. The van der Waals surface area contributed by atoms with Gasteiger partial charge in [-0.3, -0.25) is 10.1 Å². The molecule has 5 rings (SSSR count). The summed E-state index contributed by atoms with van der Waals surface area (Å²) in [6, 6.07) is 23.1. The lowest BCUT2D eigenvalue weighted by Gasteiger charge is -2.35. The monoisotopic (exact) mass is 625 g/mol. The van der Waals surface area contributed by atoms with Crippen LogP contribution in [0.15, 0.2) is 109 Å². The Hall–Kier alpha value is -6.55. The second-order valence-corrected chi connectivity index (χ2v) is 9.76. The fourth-order valence-corrected chi connectivity index (χ4v) is 4.54. The first-order valence-electron chi connectivity index (χ1n) is 13.4. The SMILES string of the molecule is N#Cc1ccc(N(C(=O)NC(=O)c2ccccc2)N(C(=O)Nc2cccc(C(F)(F)F)c2)c2cc3ccccc3cc2O)c(O)c1. The van der Waals surface area contributed by atoms with Crippen LogP contribution in [0.1, 0.15) is 21.5 Å². The van der Waals surface area contributed by atoms with Crippen LogP contribution in [0.2, 0.25) is 0 Å². The van der Waals surface area contributed by atoms with E-state index in [-0.39, 0.29) is 22.5 Å². The van der Waals surface area contributed by atoms with Crippen molar-refractivity contribution in [3.8, 4) is 17.6 Å². The second-order valence-electron chi connectivity index (χ2n) is 9.76. The number of phenols is 2. The molecule has 0 saturated heterocycles. The minimum atomic E-state index is -4.74. The van der Waals surface area contributed by atoms with E-state index < -0.39 is 46.9 Å². The Labute approximate surface area is 259 Å². The third-order valence-corrected chi connectivity index (χ3v) is 6.69. The number of urea groups is 2. The third-order valence-electron chi connectivity index (χ3n) is 6.69. The molecule has 0 aliphatic carbocycles. The lowest BCUT2D eigenvalue weighted by Crippen LogP contribution is -2.56. The summed E-state index contributed by atoms with van der Waals surface area (Å²) in [5.41, 5.74) is -2.13. The fourth-order valence-electron chi connectivity index (χ4n) is 4.54. The van der Waals surface area contributed by atoms with Gasteiger partial charge in [0.1, 0.15) is 22.9 Å². The first-order chi connectivity index (χ1) is 22.0. The maximum Gasteiger partial charge on any atom is 0.416 e. The zero-order chi connectivity index (χ0) is 33.0. The predicted octanol–water partition coefficient (Wildman–Crippen LogP) is 7.15. The van der Waals surface area contributed by atoms with E-state index in [2.05, 4.69) is 10.6 Å². The Bertz CT molecular complexity index is 2010. The van der Waals surface area contributed by atoms with E-state index in [4.69, 9.17) is 0 Å². The van der Waals surface area contributed by atoms with Crippen LogP contribution in [-0.4, -0.2) is 28.2 Å². The van der Waals surface area contributed by atoms with Gasteiger partial charge in [0, 0.05) is 11.3 Å². The number of halogens is 3. The second kappa shape index (κ2) is 12.6. The van der Waals surface area contributed by atoms with Crippen molar-refractivity contribution < 1.29 is 37.8 Å². The van der Waals surface area contributed by atoms with Gasteiger partial charge in [-0.25, -0.2) is 9.59 Å². The van der Waals surface area contributed by atoms with Gasteiger partial charge in [0.15, 0.2) is 0 Å². The van der Waals surface area contributed by atoms with Gasteiger partial charge in [0.25, 0.3) is 5.91 Å². The Morgan fingerprint density at radius 3 is 1.98 bits per heavy atom. The van der Waals surface area contributed by atoms with Gasteiger partial charge in [-0.05, 0) is 71.4 Å². The zero-order valence-corrected chi connectivity index (χ0v) is 23.5. The van der Waals surface area contributed by atoms with Gasteiger partial charge >= 0.3 is 18.2 Å². The first kappa shape index (κ1) is 30.9. The average molecular weight is 626 g/mol. The van der Waals surface area contributed by atoms with Crippen molar-refractivity contribution in [2.24, 2.45) is 0 Å². The van der Waals surface area contributed by atoms with Crippen molar-refractivity contribution >= 4 is 45.8 Å². The van der Waals surface area contributed by atoms with Crippen LogP contribution >= 0.6 is 0 Å². The molecule has 0 bridgehead atoms. The molecule has 10 nitrogen and oxygen atoms in total. The third kappa shape index (κ3) is 6.51. The Balaban J connectivity index is 1.69. The number of aromatic hydroxyl groups is 2. The van der Waals surface area contributed by atoms with E-state index in [9.17, 15) is 43.0 Å². The van der Waals surface area contributed by atoms with Crippen molar-refractivity contribution in [1.82, 2.24) is 5.32 Å². The largest absolute Gasteiger partial charge is 0.506 e. The summed E-state index contributed by atoms with van der Waals surface area (Å²) in [6.45, 7) is 0. The number of hydrazine groups is 1. The van der Waals surface area contributed by atoms with Crippen molar-refractivity contribution in [1.29, 1.82) is 5.26 Å². The van der Waals surface area contributed by atoms with E-state index >= 15 is 0 Å². The van der Waals surface area contributed by atoms with Crippen molar-refractivity contribution in [2.45, 2.75) is 6.18 Å². The number of hydrogen-bond acceptors (Lipinski definition) is 6. The molecule has 0 heterocycles. The van der Waals surface area contributed by atoms with Gasteiger partial charge in [-0.2, -0.15) is 28.5 Å². The number of phenolic OH excluding ortho intramolecular Hbond substituents is 2. The summed E-state index contributed by atoms with van der Waals surface area (Å²) in [4.78, 5) is 41.0. The highest BCUT2D eigenvalue weighted by molar-refractivity contribution is 6.16. The summed E-state index contributed by atoms with van der Waals surface area (Å²) in [7, 11) is 0. The fraction of sp³-hybridized carbons (Fsp3) is 0.0303. The maximum absolute atomic E-state index is 14.1. The minimum absolute atomic E-state index is 0.0181. The van der Waals surface area contributed by atoms with E-state index in [1.807, 2.05) is 6.07 Å². The summed E-state index contributed by atoms with van der Waals surface area (Å²) >= 11 is 0. The van der Waals surface area contributed by atoms with Crippen molar-refractivity contribution in [2.75, 3.05) is 15.3 Å². The molecular weight excluding hydrogens is 603 g/mol. The molecule has 0 aliphatic heterocycles. The van der Waals surface area contributed by atoms with Crippen LogP contribution in [-0.2, 0) is 6.18 Å². The predicted molar refractivity (Wildman–Crippen MR) is 163 cm³/mol. The zero-order valence-electron chi connectivity index (χ0n) is 23.5. The van der Waals surface area contributed by atoms with Crippen molar-refractivity contribution in [3.05, 3.63) is 126 Å². The number of rotatable bonds is 4. The number of carbonyl (C=O) groups is 3. The molecule has 5 aromatic rings. The molecular formula is C33H22F3N5O5. The van der Waals surface area contributed by atoms with Gasteiger partial charge < -0.3 is 15.5 Å². The van der Waals surface area contributed by atoms with Gasteiger partial charge in [0.05, 0.1) is 17.2 Å². The molecule has 230 valence electrons. The average Bonchev–Trinajstić information content (AvgIpc) is 3.03. The normalized spacial score (nSPS) is 10.9. The molecule has 0 saturated carbocycles. The topological polar surface area (TPSA) is 146 Å². The smallest absolute Gasteiger partial charge is 0.416 e. The highest BCUT2D eigenvalue weighted by Crippen LogP contribution is 2.38. The number of nitrogens with one attached hydrogen (secondary N) is 2. The van der Waals surface area contributed by atoms with Crippen LogP contribution in [0, 0.1) is 11.3 Å². The standard InChI is InChI=1S/C33H22F3N5O5/c34-33(35,36)24-11-6-12-25(18-24)38-31(45)41(27-16-22-9-4-5-10-23(22)17-29(27)43)40(26-14-13-20(19-37)15-28(26)42)32(46)39-30(44)21-7-2-1-3-8-21/h1-18,42-43H,(H,38,45)(H,39,44,46). The van der Waals surface area contributed by atoms with E-state index in [1.54, 1.807) is 42.5 Å². The minimum Gasteiger partial charge on any atom is -0.506 e. The van der Waals surface area contributed by atoms with Gasteiger partial charge in [0.2, 0.25) is 0 Å². The Morgan fingerprint density at radius 2 is 1.33 bits per heavy atom. The van der Waals surface area contributed by atoms with Crippen LogP contribution in [0.4, 0.5) is 39.8 Å². The molecule has 0 atom stereocenters. The lowest BCUT2D eigenvalue weighted by atomic mass is 10.1. The first-order valence-corrected chi connectivity index (χ1v) is 13.4. The van der Waals surface area contributed by atoms with Crippen LogP contribution in [0.5, 0.6) is 11.5 Å². The van der Waals surface area contributed by atoms with E-state index in [1.165, 1.54) is 36.4 Å². The molecule has 0 unspecified atom stereocenters. The highest BCUT2D eigenvalue weighted by atomic mass is 19.4. The number of hydrogen-bond donors (Lipinski definition) is 4. The van der Waals surface area contributed by atoms with Crippen LogP contribution in [0.25, 0.3) is 10.8 Å². The van der Waals surface area contributed by atoms with E-state index in [0.717, 1.165) is 24.3 Å². The molecule has 13 heteroatoms. The summed E-state index contributed by atoms with van der Waals surface area (Å²) in [5, 5.41) is 37.9. The number of amides is 5. The number of imide groups is 1. The van der Waals surface area contributed by atoms with Crippen LogP contribution in [0.3, 0.4) is 0 Å². The molecule has 0 aliphatic rings. The number of carbonyl (C=O) groups excluding carboxylic acids is 3. The summed E-state index contributed by atoms with van der Waals surface area (Å²) in [5.74, 6) is -2.12. The Morgan fingerprint density at radius 1 is 0.696 bits per heavy atom. The molecule has 5 aromatic carbocycles. The Kier molecular flexibility index (Phi) is 8.45. The maximum atomic E-state index is 14.1. The lowest BCUT2D eigenvalue weighted by molar-refractivity contribution is -0.137. The van der Waals surface area contributed by atoms with Gasteiger partial charge in [-0.15, -0.1) is 0 Å². The molecule has 4 N–H and O–H groups in total. The molecule has 46 heavy (non-hydrogen) atoms. The highest BCUT2D eigenvalue weighted by Gasteiger charge is 2.35. The number of nitrogens with zero attached hydrogens (tertiary/aromatic N) is 3. The number of anilines is 3. The molecule has 0 fully saturated rings. The number of benzene rings is 5. The number of nitriles is 1. The molecule has 0 radical (unpaired) electrons. The van der Waals surface area contributed by atoms with Crippen LogP contribution < -0.4 is 20.7 Å². The van der Waals surface area contributed by atoms with Gasteiger partial charge in [-0.1, -0.05) is 48.5 Å². The summed E-state index contributed by atoms with van der Waals surface area (Å²) in [6.07, 6.45) is -4.74. The van der Waals surface area contributed by atoms with E-state index in [0.29, 0.717) is 26.9 Å². The molecule has 5 amide bonds. The number of fused-ring (bicyclic) bond motifs is 1.